The van der Waals surface area contributed by atoms with Crippen LogP contribution in [0.4, 0.5) is 17.1 Å². The van der Waals surface area contributed by atoms with Gasteiger partial charge in [0, 0.05) is 22.5 Å². The number of benzene rings is 5. The maximum atomic E-state index is 2.46. The summed E-state index contributed by atoms with van der Waals surface area (Å²) in [7, 11) is 0. The second-order valence-corrected chi connectivity index (χ2v) is 11.1. The fourth-order valence-corrected chi connectivity index (χ4v) is 5.88. The molecule has 0 saturated carbocycles. The molecule has 0 spiro atoms. The molecule has 0 heterocycles. The molecule has 0 amide bonds. The second kappa shape index (κ2) is 9.65. The van der Waals surface area contributed by atoms with Crippen LogP contribution in [-0.2, 0) is 5.41 Å². The predicted molar refractivity (Wildman–Crippen MR) is 163 cm³/mol. The van der Waals surface area contributed by atoms with Crippen LogP contribution in [-0.4, -0.2) is 0 Å². The zero-order valence-electron chi connectivity index (χ0n) is 22.8. The van der Waals surface area contributed by atoms with Crippen molar-refractivity contribution in [1.82, 2.24) is 0 Å². The van der Waals surface area contributed by atoms with E-state index in [2.05, 4.69) is 154 Å². The van der Waals surface area contributed by atoms with Crippen molar-refractivity contribution in [3.63, 3.8) is 0 Å². The number of hydrogen-bond donors (Lipinski definition) is 0. The molecule has 0 fully saturated rings. The predicted octanol–water partition coefficient (Wildman–Crippen LogP) is 10.6. The van der Waals surface area contributed by atoms with E-state index in [1.807, 2.05) is 0 Å². The summed E-state index contributed by atoms with van der Waals surface area (Å²) in [6, 6.07) is 44.3. The number of anilines is 3. The van der Waals surface area contributed by atoms with Gasteiger partial charge in [0.25, 0.3) is 0 Å². The van der Waals surface area contributed by atoms with Crippen LogP contribution in [0.5, 0.6) is 0 Å². The van der Waals surface area contributed by atoms with Crippen LogP contribution in [0.15, 0.2) is 121 Å². The van der Waals surface area contributed by atoms with E-state index < -0.39 is 0 Å². The molecule has 1 heteroatoms. The molecule has 5 aromatic rings. The quantitative estimate of drug-likeness (QED) is 0.227. The van der Waals surface area contributed by atoms with E-state index in [0.717, 1.165) is 23.5 Å². The zero-order chi connectivity index (χ0) is 26.3. The Bertz CT molecular complexity index is 1520. The molecular weight excluding hydrogens is 458 g/mol. The lowest BCUT2D eigenvalue weighted by molar-refractivity contribution is 0.655. The Labute approximate surface area is 227 Å². The summed E-state index contributed by atoms with van der Waals surface area (Å²) in [5.41, 5.74) is 13.0. The van der Waals surface area contributed by atoms with Gasteiger partial charge in [0.1, 0.15) is 0 Å². The number of rotatable bonds is 6. The number of para-hydroxylation sites is 2. The normalized spacial score (nSPS) is 14.0. The van der Waals surface area contributed by atoms with Crippen LogP contribution in [0.3, 0.4) is 0 Å². The van der Waals surface area contributed by atoms with Gasteiger partial charge in [0.05, 0.1) is 0 Å². The van der Waals surface area contributed by atoms with E-state index in [1.54, 1.807) is 0 Å². The van der Waals surface area contributed by atoms with Crippen LogP contribution < -0.4 is 4.90 Å². The standard InChI is InChI=1S/C37H35N/c1-5-26(2)28-18-22-33-34-23-19-29(25-36(34)37(3,4)35(33)24-28)27-16-20-32(21-17-27)38(30-12-8-6-9-13-30)31-14-10-7-11-15-31/h6-26H,5H2,1-4H3. The maximum Gasteiger partial charge on any atom is 0.0462 e. The van der Waals surface area contributed by atoms with Crippen LogP contribution in [0.2, 0.25) is 0 Å². The van der Waals surface area contributed by atoms with E-state index in [-0.39, 0.29) is 5.41 Å². The molecular formula is C37H35N. The first-order chi connectivity index (χ1) is 18.5. The average Bonchev–Trinajstić information content (AvgIpc) is 3.20. The summed E-state index contributed by atoms with van der Waals surface area (Å²) in [4.78, 5) is 2.31. The molecule has 1 atom stereocenters. The first kappa shape index (κ1) is 24.2. The Hall–Kier alpha value is -4.10. The lowest BCUT2D eigenvalue weighted by Crippen LogP contribution is -2.15. The minimum atomic E-state index is -0.0124. The monoisotopic (exact) mass is 493 g/mol. The Balaban J connectivity index is 1.36. The Morgan fingerprint density at radius 2 is 1.08 bits per heavy atom. The van der Waals surface area contributed by atoms with Gasteiger partial charge >= 0.3 is 0 Å². The molecule has 0 N–H and O–H groups in total. The minimum Gasteiger partial charge on any atom is -0.311 e. The van der Waals surface area contributed by atoms with Crippen molar-refractivity contribution in [2.45, 2.75) is 45.4 Å². The smallest absolute Gasteiger partial charge is 0.0462 e. The second-order valence-electron chi connectivity index (χ2n) is 11.1. The van der Waals surface area contributed by atoms with Gasteiger partial charge in [0.2, 0.25) is 0 Å². The van der Waals surface area contributed by atoms with Gasteiger partial charge in [-0.2, -0.15) is 0 Å². The van der Waals surface area contributed by atoms with Crippen molar-refractivity contribution >= 4 is 17.1 Å². The van der Waals surface area contributed by atoms with Crippen molar-refractivity contribution in [1.29, 1.82) is 0 Å². The third-order valence-electron chi connectivity index (χ3n) is 8.37. The van der Waals surface area contributed by atoms with Gasteiger partial charge in [-0.05, 0) is 93.7 Å². The highest BCUT2D eigenvalue weighted by Crippen LogP contribution is 2.50. The first-order valence-electron chi connectivity index (χ1n) is 13.8. The fraction of sp³-hybridized carbons (Fsp3) is 0.189. The lowest BCUT2D eigenvalue weighted by atomic mass is 9.80. The van der Waals surface area contributed by atoms with E-state index in [4.69, 9.17) is 0 Å². The molecule has 1 aliphatic rings. The number of nitrogens with zero attached hydrogens (tertiary/aromatic N) is 1. The van der Waals surface area contributed by atoms with Gasteiger partial charge in [-0.15, -0.1) is 0 Å². The third-order valence-corrected chi connectivity index (χ3v) is 8.37. The van der Waals surface area contributed by atoms with Crippen molar-refractivity contribution in [2.24, 2.45) is 0 Å². The van der Waals surface area contributed by atoms with Crippen molar-refractivity contribution in [2.75, 3.05) is 4.90 Å². The summed E-state index contributed by atoms with van der Waals surface area (Å²) in [6.45, 7) is 9.36. The average molecular weight is 494 g/mol. The molecule has 0 saturated heterocycles. The summed E-state index contributed by atoms with van der Waals surface area (Å²) in [6.07, 6.45) is 1.16. The van der Waals surface area contributed by atoms with E-state index in [9.17, 15) is 0 Å². The third kappa shape index (κ3) is 4.13. The highest BCUT2D eigenvalue weighted by molar-refractivity contribution is 5.84. The molecule has 188 valence electrons. The van der Waals surface area contributed by atoms with Gasteiger partial charge < -0.3 is 4.90 Å². The van der Waals surface area contributed by atoms with Crippen molar-refractivity contribution in [3.8, 4) is 22.3 Å². The molecule has 0 radical (unpaired) electrons. The summed E-state index contributed by atoms with van der Waals surface area (Å²) in [5, 5.41) is 0. The van der Waals surface area contributed by atoms with E-state index in [0.29, 0.717) is 5.92 Å². The van der Waals surface area contributed by atoms with E-state index in [1.165, 1.54) is 38.9 Å². The first-order valence-corrected chi connectivity index (χ1v) is 13.8. The Kier molecular flexibility index (Phi) is 6.16. The number of fused-ring (bicyclic) bond motifs is 3. The minimum absolute atomic E-state index is 0.0124. The van der Waals surface area contributed by atoms with Crippen LogP contribution in [0.1, 0.15) is 56.7 Å². The molecule has 0 bridgehead atoms. The van der Waals surface area contributed by atoms with Gasteiger partial charge in [-0.1, -0.05) is 107 Å². The highest BCUT2D eigenvalue weighted by atomic mass is 15.1. The van der Waals surface area contributed by atoms with Crippen LogP contribution in [0.25, 0.3) is 22.3 Å². The molecule has 0 aromatic heterocycles. The molecule has 1 nitrogen and oxygen atoms in total. The van der Waals surface area contributed by atoms with Crippen molar-refractivity contribution < 1.29 is 0 Å². The molecule has 0 aliphatic heterocycles. The topological polar surface area (TPSA) is 3.24 Å². The summed E-state index contributed by atoms with van der Waals surface area (Å²) < 4.78 is 0. The molecule has 1 aliphatic carbocycles. The van der Waals surface area contributed by atoms with Crippen LogP contribution >= 0.6 is 0 Å². The maximum absolute atomic E-state index is 2.46. The summed E-state index contributed by atoms with van der Waals surface area (Å²) in [5.74, 6) is 0.584. The lowest BCUT2D eigenvalue weighted by Gasteiger charge is -2.25. The summed E-state index contributed by atoms with van der Waals surface area (Å²) >= 11 is 0. The fourth-order valence-electron chi connectivity index (χ4n) is 5.88. The Morgan fingerprint density at radius 1 is 0.579 bits per heavy atom. The van der Waals surface area contributed by atoms with Gasteiger partial charge in [-0.3, -0.25) is 0 Å². The molecule has 38 heavy (non-hydrogen) atoms. The molecule has 5 aromatic carbocycles. The van der Waals surface area contributed by atoms with E-state index >= 15 is 0 Å². The number of hydrogen-bond acceptors (Lipinski definition) is 1. The largest absolute Gasteiger partial charge is 0.311 e. The molecule has 6 rings (SSSR count). The SMILES string of the molecule is CCC(C)c1ccc2c(c1)C(C)(C)c1cc(-c3ccc(N(c4ccccc4)c4ccccc4)cc3)ccc1-2. The van der Waals surface area contributed by atoms with Crippen LogP contribution in [0, 0.1) is 0 Å². The van der Waals surface area contributed by atoms with Gasteiger partial charge in [-0.25, -0.2) is 0 Å². The highest BCUT2D eigenvalue weighted by Gasteiger charge is 2.36. The van der Waals surface area contributed by atoms with Gasteiger partial charge in [0.15, 0.2) is 0 Å². The molecule has 1 unspecified atom stereocenters. The van der Waals surface area contributed by atoms with Crippen molar-refractivity contribution in [3.05, 3.63) is 138 Å². The zero-order valence-corrected chi connectivity index (χ0v) is 22.8. The Morgan fingerprint density at radius 3 is 1.66 bits per heavy atom.